The molecule has 2 N–H and O–H groups in total. The molecule has 0 radical (unpaired) electrons. The van der Waals surface area contributed by atoms with Crippen molar-refractivity contribution >= 4 is 17.0 Å². The van der Waals surface area contributed by atoms with Crippen LogP contribution in [0.4, 0.5) is 35.1 Å². The standard InChI is InChI=1S/C32H24F8N4O6/c1-30(33,34)15-44-26(23-24(42-43-25(23)28(44)45)19-4-2-5-20-27(19)49-29(46)41-20)16-6-11-21(22(14-16)47-13-3-12-31(35,36)37)48-17-7-9-18(10-8-17)50-32(38,39)40/h2,4-11,14,26H,3,12-13,15H2,1H3,(H,41,46)(H,42,43). The number of carbonyl (C=O) groups is 1. The van der Waals surface area contributed by atoms with Crippen LogP contribution in [0.15, 0.2) is 69.9 Å². The Morgan fingerprint density at radius 2 is 1.64 bits per heavy atom. The van der Waals surface area contributed by atoms with E-state index in [2.05, 4.69) is 19.9 Å². The quantitative estimate of drug-likeness (QED) is 0.105. The van der Waals surface area contributed by atoms with Crippen LogP contribution in [0.5, 0.6) is 23.0 Å². The van der Waals surface area contributed by atoms with Crippen LogP contribution in [0, 0.1) is 0 Å². The summed E-state index contributed by atoms with van der Waals surface area (Å²) < 4.78 is 126. The number of fused-ring (bicyclic) bond motifs is 2. The van der Waals surface area contributed by atoms with Crippen molar-refractivity contribution in [3.8, 4) is 34.3 Å². The monoisotopic (exact) mass is 712 g/mol. The summed E-state index contributed by atoms with van der Waals surface area (Å²) >= 11 is 0. The number of rotatable bonds is 11. The van der Waals surface area contributed by atoms with Crippen molar-refractivity contribution < 1.29 is 58.5 Å². The highest BCUT2D eigenvalue weighted by molar-refractivity contribution is 6.02. The molecule has 1 aliphatic rings. The predicted molar refractivity (Wildman–Crippen MR) is 158 cm³/mol. The number of nitrogens with one attached hydrogen (secondary N) is 2. The number of halogens is 8. The van der Waals surface area contributed by atoms with Gasteiger partial charge < -0.3 is 23.5 Å². The number of hydrogen-bond donors (Lipinski definition) is 2. The highest BCUT2D eigenvalue weighted by Gasteiger charge is 2.46. The van der Waals surface area contributed by atoms with Crippen LogP contribution >= 0.6 is 0 Å². The van der Waals surface area contributed by atoms with Gasteiger partial charge in [-0.15, -0.1) is 13.2 Å². The first-order valence-electron chi connectivity index (χ1n) is 14.7. The number of para-hydroxylation sites is 1. The first-order chi connectivity index (χ1) is 23.5. The van der Waals surface area contributed by atoms with Gasteiger partial charge in [-0.25, -0.2) is 13.6 Å². The Labute approximate surface area is 275 Å². The highest BCUT2D eigenvalue weighted by atomic mass is 19.4. The van der Waals surface area contributed by atoms with Crippen molar-refractivity contribution in [2.75, 3.05) is 13.2 Å². The zero-order chi connectivity index (χ0) is 36.0. The van der Waals surface area contributed by atoms with E-state index in [-0.39, 0.29) is 50.9 Å². The smallest absolute Gasteiger partial charge is 0.490 e. The Kier molecular flexibility index (Phi) is 8.73. The molecular weight excluding hydrogens is 688 g/mol. The maximum Gasteiger partial charge on any atom is 0.573 e. The molecule has 10 nitrogen and oxygen atoms in total. The van der Waals surface area contributed by atoms with E-state index in [4.69, 9.17) is 13.9 Å². The molecule has 1 aliphatic heterocycles. The molecule has 6 rings (SSSR count). The van der Waals surface area contributed by atoms with Crippen LogP contribution < -0.4 is 20.0 Å². The molecule has 5 aromatic rings. The average molecular weight is 713 g/mol. The second-order valence-electron chi connectivity index (χ2n) is 11.4. The fourth-order valence-electron chi connectivity index (χ4n) is 5.55. The minimum absolute atomic E-state index is 0.00351. The lowest BCUT2D eigenvalue weighted by Crippen LogP contribution is -2.38. The normalized spacial score (nSPS) is 15.1. The second kappa shape index (κ2) is 12.7. The predicted octanol–water partition coefficient (Wildman–Crippen LogP) is 8.12. The molecule has 18 heteroatoms. The maximum absolute atomic E-state index is 14.5. The van der Waals surface area contributed by atoms with Gasteiger partial charge in [-0.1, -0.05) is 12.1 Å². The Morgan fingerprint density at radius 1 is 0.920 bits per heavy atom. The molecule has 1 unspecified atom stereocenters. The van der Waals surface area contributed by atoms with Crippen molar-refractivity contribution in [3.63, 3.8) is 0 Å². The van der Waals surface area contributed by atoms with Gasteiger partial charge in [0, 0.05) is 24.5 Å². The fraction of sp³-hybridized carbons (Fsp3) is 0.281. The van der Waals surface area contributed by atoms with Crippen LogP contribution in [0.2, 0.25) is 0 Å². The zero-order valence-corrected chi connectivity index (χ0v) is 25.5. The van der Waals surface area contributed by atoms with Crippen molar-refractivity contribution in [1.29, 1.82) is 0 Å². The summed E-state index contributed by atoms with van der Waals surface area (Å²) in [6.07, 6.45) is -11.1. The molecule has 50 heavy (non-hydrogen) atoms. The third-order valence-corrected chi connectivity index (χ3v) is 7.44. The van der Waals surface area contributed by atoms with Crippen molar-refractivity contribution in [2.24, 2.45) is 0 Å². The van der Waals surface area contributed by atoms with Crippen LogP contribution in [-0.2, 0) is 0 Å². The topological polar surface area (TPSA) is 123 Å². The fourth-order valence-corrected chi connectivity index (χ4v) is 5.55. The first-order valence-corrected chi connectivity index (χ1v) is 14.7. The molecule has 3 heterocycles. The number of hydrogen-bond acceptors (Lipinski definition) is 7. The summed E-state index contributed by atoms with van der Waals surface area (Å²) in [4.78, 5) is 29.0. The molecule has 3 aromatic carbocycles. The van der Waals surface area contributed by atoms with E-state index in [1.54, 1.807) is 18.2 Å². The highest BCUT2D eigenvalue weighted by Crippen LogP contribution is 2.47. The summed E-state index contributed by atoms with van der Waals surface area (Å²) in [6, 6.07) is 11.7. The largest absolute Gasteiger partial charge is 0.573 e. The number of aromatic amines is 2. The maximum atomic E-state index is 14.5. The van der Waals surface area contributed by atoms with Crippen molar-refractivity contribution in [1.82, 2.24) is 20.1 Å². The van der Waals surface area contributed by atoms with E-state index in [1.807, 2.05) is 0 Å². The minimum atomic E-state index is -4.94. The molecule has 0 saturated carbocycles. The van der Waals surface area contributed by atoms with Gasteiger partial charge in [0.25, 0.3) is 11.8 Å². The molecule has 0 spiro atoms. The molecule has 0 bridgehead atoms. The molecule has 1 amide bonds. The van der Waals surface area contributed by atoms with E-state index < -0.39 is 67.9 Å². The van der Waals surface area contributed by atoms with Crippen molar-refractivity contribution in [3.05, 3.63) is 88.0 Å². The molecule has 0 fully saturated rings. The number of nitrogens with zero attached hydrogens (tertiary/aromatic N) is 2. The molecule has 2 aromatic heterocycles. The van der Waals surface area contributed by atoms with E-state index in [0.717, 1.165) is 29.2 Å². The Hall–Kier alpha value is -5.55. The molecule has 1 atom stereocenters. The van der Waals surface area contributed by atoms with E-state index >= 15 is 0 Å². The number of amides is 1. The Morgan fingerprint density at radius 3 is 2.32 bits per heavy atom. The number of benzene rings is 3. The van der Waals surface area contributed by atoms with Crippen LogP contribution in [0.25, 0.3) is 22.4 Å². The number of carbonyl (C=O) groups excluding carboxylic acids is 1. The molecule has 0 aliphatic carbocycles. The lowest BCUT2D eigenvalue weighted by atomic mass is 9.95. The summed E-state index contributed by atoms with van der Waals surface area (Å²) in [5.74, 6) is -5.77. The molecule has 264 valence electrons. The van der Waals surface area contributed by atoms with Gasteiger partial charge >= 0.3 is 18.3 Å². The number of ether oxygens (including phenoxy) is 3. The average Bonchev–Trinajstić information content (AvgIpc) is 3.68. The number of oxazole rings is 1. The Balaban J connectivity index is 1.42. The number of alkyl halides is 8. The first kappa shape index (κ1) is 34.3. The van der Waals surface area contributed by atoms with E-state index in [9.17, 15) is 44.7 Å². The van der Waals surface area contributed by atoms with Gasteiger partial charge in [0.15, 0.2) is 17.1 Å². The van der Waals surface area contributed by atoms with E-state index in [0.29, 0.717) is 12.4 Å². The van der Waals surface area contributed by atoms with Gasteiger partial charge in [0.05, 0.1) is 24.7 Å². The van der Waals surface area contributed by atoms with Gasteiger partial charge in [-0.05, 0) is 60.5 Å². The number of H-pyrrole nitrogens is 2. The molecule has 0 saturated heterocycles. The summed E-state index contributed by atoms with van der Waals surface area (Å²) in [5.41, 5.74) is 0.924. The van der Waals surface area contributed by atoms with Gasteiger partial charge in [-0.3, -0.25) is 14.9 Å². The van der Waals surface area contributed by atoms with Crippen LogP contribution in [0.3, 0.4) is 0 Å². The third kappa shape index (κ3) is 7.52. The van der Waals surface area contributed by atoms with Crippen LogP contribution in [-0.4, -0.2) is 57.6 Å². The zero-order valence-electron chi connectivity index (χ0n) is 25.5. The SMILES string of the molecule is CC(F)(F)CN1C(=O)c2[nH]nc(-c3cccc4[nH]c(=O)oc34)c2C1c1ccc(Oc2ccc(OC(F)(F)F)cc2)c(OCCCC(F)(F)F)c1. The second-order valence-corrected chi connectivity index (χ2v) is 11.4. The molecular formula is C32H24F8N4O6. The van der Waals surface area contributed by atoms with Gasteiger partial charge in [-0.2, -0.15) is 18.3 Å². The minimum Gasteiger partial charge on any atom is -0.490 e. The summed E-state index contributed by atoms with van der Waals surface area (Å²) in [6.45, 7) is -0.890. The van der Waals surface area contributed by atoms with Gasteiger partial charge in [0.2, 0.25) is 0 Å². The van der Waals surface area contributed by atoms with E-state index in [1.165, 1.54) is 18.2 Å². The number of aromatic nitrogens is 3. The third-order valence-electron chi connectivity index (χ3n) is 7.44. The van der Waals surface area contributed by atoms with Gasteiger partial charge in [0.1, 0.15) is 22.9 Å². The van der Waals surface area contributed by atoms with Crippen molar-refractivity contribution in [2.45, 2.75) is 44.3 Å². The lowest BCUT2D eigenvalue weighted by Gasteiger charge is -2.29. The summed E-state index contributed by atoms with van der Waals surface area (Å²) in [7, 11) is 0. The van der Waals surface area contributed by atoms with Crippen LogP contribution in [0.1, 0.15) is 47.4 Å². The summed E-state index contributed by atoms with van der Waals surface area (Å²) in [5, 5.41) is 6.85. The Bertz CT molecular complexity index is 2080. The lowest BCUT2D eigenvalue weighted by molar-refractivity contribution is -0.274.